The maximum Gasteiger partial charge on any atom is 0.309 e. The number of piperidine rings is 1. The molecule has 1 aliphatic heterocycles. The maximum absolute atomic E-state index is 11.8. The van der Waals surface area contributed by atoms with Crippen molar-refractivity contribution in [1.29, 1.82) is 0 Å². The maximum atomic E-state index is 11.8. The van der Waals surface area contributed by atoms with Gasteiger partial charge in [0, 0.05) is 36.8 Å². The summed E-state index contributed by atoms with van der Waals surface area (Å²) in [6, 6.07) is 10.4. The molecule has 1 heterocycles. The molecule has 0 aliphatic carbocycles. The van der Waals surface area contributed by atoms with Gasteiger partial charge >= 0.3 is 5.97 Å². The number of esters is 1. The van der Waals surface area contributed by atoms with Crippen LogP contribution in [0.5, 0.6) is 0 Å². The largest absolute Gasteiger partial charge is 0.466 e. The number of ether oxygens (including phenoxy) is 1. The van der Waals surface area contributed by atoms with Crippen LogP contribution in [-0.4, -0.2) is 55.4 Å². The molecule has 1 saturated heterocycles. The molecule has 7 heteroatoms. The topological polar surface area (TPSA) is 53.9 Å². The summed E-state index contributed by atoms with van der Waals surface area (Å²) in [5.41, 5.74) is 0. The van der Waals surface area contributed by atoms with Crippen molar-refractivity contribution < 1.29 is 9.53 Å². The summed E-state index contributed by atoms with van der Waals surface area (Å²) in [6.45, 7) is 7.05. The predicted octanol–water partition coefficient (Wildman–Crippen LogP) is 3.64. The lowest BCUT2D eigenvalue weighted by molar-refractivity contribution is -0.149. The number of rotatable bonds is 6. The van der Waals surface area contributed by atoms with Crippen molar-refractivity contribution >= 4 is 47.7 Å². The zero-order valence-electron chi connectivity index (χ0n) is 15.8. The Morgan fingerprint density at radius 2 is 2.00 bits per heavy atom. The molecule has 0 spiro atoms. The second-order valence-corrected chi connectivity index (χ2v) is 7.69. The average Bonchev–Trinajstić information content (AvgIpc) is 2.64. The Balaban J connectivity index is 0.00000338. The Morgan fingerprint density at radius 3 is 2.58 bits per heavy atom. The minimum atomic E-state index is -0.0574. The quantitative estimate of drug-likeness (QED) is 0.217. The molecule has 2 rings (SSSR count). The fraction of sp³-hybridized carbons (Fsp3) is 0.579. The Bertz CT molecular complexity index is 563. The minimum absolute atomic E-state index is 0. The molecule has 0 bridgehead atoms. The van der Waals surface area contributed by atoms with E-state index < -0.39 is 0 Å². The van der Waals surface area contributed by atoms with Gasteiger partial charge in [-0.15, -0.1) is 35.7 Å². The summed E-state index contributed by atoms with van der Waals surface area (Å²) in [5.74, 6) is 0.891. The Hall–Kier alpha value is -0.960. The van der Waals surface area contributed by atoms with Crippen LogP contribution in [0.15, 0.2) is 40.2 Å². The minimum Gasteiger partial charge on any atom is -0.466 e. The first-order valence-electron chi connectivity index (χ1n) is 8.98. The van der Waals surface area contributed by atoms with Crippen molar-refractivity contribution in [2.45, 2.75) is 36.8 Å². The molecule has 146 valence electrons. The predicted molar refractivity (Wildman–Crippen MR) is 119 cm³/mol. The van der Waals surface area contributed by atoms with Crippen LogP contribution >= 0.6 is 35.7 Å². The van der Waals surface area contributed by atoms with Gasteiger partial charge in [0.1, 0.15) is 0 Å². The third kappa shape index (κ3) is 7.34. The number of nitrogens with zero attached hydrogens (tertiary/aromatic N) is 2. The highest BCUT2D eigenvalue weighted by molar-refractivity contribution is 14.0. The fourth-order valence-electron chi connectivity index (χ4n) is 2.93. The van der Waals surface area contributed by atoms with Crippen molar-refractivity contribution in [2.24, 2.45) is 10.9 Å². The second-order valence-electron chi connectivity index (χ2n) is 6.18. The number of nitrogens with one attached hydrogen (secondary N) is 1. The van der Waals surface area contributed by atoms with Crippen molar-refractivity contribution in [1.82, 2.24) is 10.2 Å². The summed E-state index contributed by atoms with van der Waals surface area (Å²) < 4.78 is 5.13. The zero-order chi connectivity index (χ0) is 18.1. The van der Waals surface area contributed by atoms with Crippen molar-refractivity contribution in [3.63, 3.8) is 0 Å². The number of carbonyl (C=O) groups excluding carboxylic acids is 1. The Labute approximate surface area is 178 Å². The fourth-order valence-corrected chi connectivity index (χ4v) is 3.87. The van der Waals surface area contributed by atoms with Crippen LogP contribution in [0.2, 0.25) is 0 Å². The first-order chi connectivity index (χ1) is 12.1. The molecule has 1 aromatic rings. The van der Waals surface area contributed by atoms with E-state index >= 15 is 0 Å². The van der Waals surface area contributed by atoms with Crippen molar-refractivity contribution in [3.05, 3.63) is 30.3 Å². The van der Waals surface area contributed by atoms with Crippen LogP contribution in [0.3, 0.4) is 0 Å². The van der Waals surface area contributed by atoms with Crippen LogP contribution in [0.4, 0.5) is 0 Å². The number of carbonyl (C=O) groups is 1. The third-order valence-corrected chi connectivity index (χ3v) is 5.37. The van der Waals surface area contributed by atoms with Gasteiger partial charge in [-0.3, -0.25) is 9.79 Å². The summed E-state index contributed by atoms with van der Waals surface area (Å²) in [4.78, 5) is 19.8. The molecule has 1 unspecified atom stereocenters. The average molecular weight is 491 g/mol. The summed E-state index contributed by atoms with van der Waals surface area (Å²) in [6.07, 6.45) is 1.65. The summed E-state index contributed by atoms with van der Waals surface area (Å²) in [5, 5.41) is 3.91. The van der Waals surface area contributed by atoms with E-state index in [2.05, 4.69) is 46.4 Å². The Kier molecular flexibility index (Phi) is 11.0. The number of likely N-dealkylation sites (tertiary alicyclic amines) is 1. The molecule has 5 nitrogen and oxygen atoms in total. The van der Waals surface area contributed by atoms with Gasteiger partial charge in [0.05, 0.1) is 12.5 Å². The van der Waals surface area contributed by atoms with E-state index in [1.54, 1.807) is 0 Å². The molecule has 26 heavy (non-hydrogen) atoms. The van der Waals surface area contributed by atoms with Gasteiger partial charge in [0.2, 0.25) is 0 Å². The smallest absolute Gasteiger partial charge is 0.309 e. The van der Waals surface area contributed by atoms with E-state index in [9.17, 15) is 4.79 Å². The number of aliphatic imine (C=N–C) groups is 1. The molecular weight excluding hydrogens is 461 g/mol. The number of hydrogen-bond acceptors (Lipinski definition) is 4. The number of thioether (sulfide) groups is 1. The van der Waals surface area contributed by atoms with E-state index in [1.807, 2.05) is 31.8 Å². The molecule has 0 saturated carbocycles. The molecule has 1 N–H and O–H groups in total. The number of halogens is 1. The van der Waals surface area contributed by atoms with Crippen LogP contribution < -0.4 is 5.32 Å². The summed E-state index contributed by atoms with van der Waals surface area (Å²) in [7, 11) is 1.81. The SMILES string of the molecule is CCOC(=O)C1CCN(C(=NC)NCC(C)Sc2ccccc2)CC1.I. The van der Waals surface area contributed by atoms with Crippen LogP contribution in [0, 0.1) is 5.92 Å². The monoisotopic (exact) mass is 491 g/mol. The van der Waals surface area contributed by atoms with Crippen molar-refractivity contribution in [2.75, 3.05) is 33.3 Å². The lowest BCUT2D eigenvalue weighted by atomic mass is 9.97. The van der Waals surface area contributed by atoms with Gasteiger partial charge in [0.25, 0.3) is 0 Å². The van der Waals surface area contributed by atoms with E-state index in [0.29, 0.717) is 11.9 Å². The lowest BCUT2D eigenvalue weighted by Crippen LogP contribution is -2.47. The van der Waals surface area contributed by atoms with E-state index in [0.717, 1.165) is 38.4 Å². The standard InChI is InChI=1S/C19H29N3O2S.HI/c1-4-24-18(23)16-10-12-22(13-11-16)19(20-3)21-14-15(2)25-17-8-6-5-7-9-17;/h5-9,15-16H,4,10-14H2,1-3H3,(H,20,21);1H. The van der Waals surface area contributed by atoms with E-state index in [4.69, 9.17) is 4.74 Å². The number of hydrogen-bond donors (Lipinski definition) is 1. The van der Waals surface area contributed by atoms with Crippen LogP contribution in [0.25, 0.3) is 0 Å². The molecule has 1 fully saturated rings. The third-order valence-electron chi connectivity index (χ3n) is 4.25. The molecular formula is C19H30IN3O2S. The van der Waals surface area contributed by atoms with Crippen molar-refractivity contribution in [3.8, 4) is 0 Å². The highest BCUT2D eigenvalue weighted by Gasteiger charge is 2.27. The lowest BCUT2D eigenvalue weighted by Gasteiger charge is -2.33. The first-order valence-corrected chi connectivity index (χ1v) is 9.86. The van der Waals surface area contributed by atoms with E-state index in [1.165, 1.54) is 4.90 Å². The van der Waals surface area contributed by atoms with Gasteiger partial charge < -0.3 is 15.0 Å². The second kappa shape index (κ2) is 12.4. The number of benzene rings is 1. The van der Waals surface area contributed by atoms with Gasteiger partial charge in [0.15, 0.2) is 5.96 Å². The molecule has 1 aromatic carbocycles. The highest BCUT2D eigenvalue weighted by atomic mass is 127. The van der Waals surface area contributed by atoms with Gasteiger partial charge in [-0.1, -0.05) is 25.1 Å². The highest BCUT2D eigenvalue weighted by Crippen LogP contribution is 2.22. The van der Waals surface area contributed by atoms with Crippen LogP contribution in [-0.2, 0) is 9.53 Å². The van der Waals surface area contributed by atoms with Gasteiger partial charge in [-0.2, -0.15) is 0 Å². The summed E-state index contributed by atoms with van der Waals surface area (Å²) >= 11 is 1.86. The molecule has 0 aromatic heterocycles. The number of guanidine groups is 1. The molecule has 1 aliphatic rings. The van der Waals surface area contributed by atoms with Gasteiger partial charge in [-0.25, -0.2) is 0 Å². The zero-order valence-corrected chi connectivity index (χ0v) is 19.0. The van der Waals surface area contributed by atoms with E-state index in [-0.39, 0.29) is 35.9 Å². The first kappa shape index (κ1) is 23.1. The molecule has 1 atom stereocenters. The normalized spacial score (nSPS) is 16.6. The van der Waals surface area contributed by atoms with Crippen LogP contribution in [0.1, 0.15) is 26.7 Å². The van der Waals surface area contributed by atoms with Gasteiger partial charge in [-0.05, 0) is 31.9 Å². The molecule has 0 amide bonds. The Morgan fingerprint density at radius 1 is 1.35 bits per heavy atom. The molecule has 0 radical (unpaired) electrons.